The Labute approximate surface area is 149 Å². The summed E-state index contributed by atoms with van der Waals surface area (Å²) in [5, 5.41) is 6.37. The molecule has 8 heteroatoms. The van der Waals surface area contributed by atoms with E-state index in [1.807, 2.05) is 31.6 Å². The lowest BCUT2D eigenvalue weighted by atomic mass is 10.1. The Morgan fingerprint density at radius 1 is 1.23 bits per heavy atom. The second kappa shape index (κ2) is 5.77. The summed E-state index contributed by atoms with van der Waals surface area (Å²) < 4.78 is 7.39. The molecule has 0 bridgehead atoms. The quantitative estimate of drug-likeness (QED) is 0.597. The zero-order chi connectivity index (χ0) is 17.7. The topological polar surface area (TPSA) is 84.8 Å². The molecule has 1 fully saturated rings. The summed E-state index contributed by atoms with van der Waals surface area (Å²) in [4.78, 5) is 19.6. The smallest absolute Gasteiger partial charge is 0.164 e. The molecule has 1 saturated heterocycles. The van der Waals surface area contributed by atoms with Crippen LogP contribution in [0.4, 0.5) is 5.82 Å². The molecule has 5 rings (SSSR count). The van der Waals surface area contributed by atoms with E-state index in [0.29, 0.717) is 19.0 Å². The van der Waals surface area contributed by atoms with Crippen molar-refractivity contribution in [2.45, 2.75) is 13.0 Å². The molecule has 0 aliphatic carbocycles. The summed E-state index contributed by atoms with van der Waals surface area (Å²) in [6, 6.07) is 4.21. The molecule has 0 spiro atoms. The first kappa shape index (κ1) is 15.3. The van der Waals surface area contributed by atoms with Gasteiger partial charge in [-0.2, -0.15) is 5.10 Å². The number of aryl methyl sites for hydroxylation is 1. The summed E-state index contributed by atoms with van der Waals surface area (Å²) in [5.74, 6) is 1.59. The Morgan fingerprint density at radius 3 is 3.04 bits per heavy atom. The molecule has 1 atom stereocenters. The van der Waals surface area contributed by atoms with Gasteiger partial charge in [0.1, 0.15) is 11.5 Å². The molecule has 0 aromatic carbocycles. The maximum atomic E-state index is 5.59. The molecular weight excluding hydrogens is 330 g/mol. The average molecular weight is 349 g/mol. The summed E-state index contributed by atoms with van der Waals surface area (Å²) in [7, 11) is 1.91. The minimum Gasteiger partial charge on any atom is -0.377 e. The predicted molar refractivity (Wildman–Crippen MR) is 99.0 cm³/mol. The van der Waals surface area contributed by atoms with E-state index in [1.54, 1.807) is 10.9 Å². The summed E-state index contributed by atoms with van der Waals surface area (Å²) in [6.45, 7) is 4.35. The van der Waals surface area contributed by atoms with Crippen molar-refractivity contribution in [1.82, 2.24) is 29.7 Å². The van der Waals surface area contributed by atoms with Crippen molar-refractivity contribution >= 4 is 27.9 Å². The lowest BCUT2D eigenvalue weighted by molar-refractivity contribution is 0.0987. The second-order valence-electron chi connectivity index (χ2n) is 6.59. The molecule has 1 aliphatic heterocycles. The first-order chi connectivity index (χ1) is 12.7. The normalized spacial score (nSPS) is 18.1. The molecule has 4 aromatic heterocycles. The van der Waals surface area contributed by atoms with Crippen LogP contribution in [0.5, 0.6) is 0 Å². The van der Waals surface area contributed by atoms with E-state index in [0.717, 1.165) is 40.0 Å². The number of fused-ring (bicyclic) bond motifs is 2. The molecule has 0 saturated carbocycles. The van der Waals surface area contributed by atoms with Crippen molar-refractivity contribution in [3.05, 3.63) is 30.7 Å². The van der Waals surface area contributed by atoms with Crippen LogP contribution in [0.1, 0.15) is 6.92 Å². The van der Waals surface area contributed by atoms with Gasteiger partial charge in [-0.25, -0.2) is 15.0 Å². The predicted octanol–water partition coefficient (Wildman–Crippen LogP) is 2.13. The van der Waals surface area contributed by atoms with Crippen LogP contribution < -0.4 is 4.90 Å². The highest BCUT2D eigenvalue weighted by atomic mass is 16.5. The summed E-state index contributed by atoms with van der Waals surface area (Å²) >= 11 is 0. The minimum absolute atomic E-state index is 0.250. The first-order valence-corrected chi connectivity index (χ1v) is 8.69. The number of nitrogens with one attached hydrogen (secondary N) is 1. The van der Waals surface area contributed by atoms with Crippen LogP contribution in [0.25, 0.3) is 33.5 Å². The summed E-state index contributed by atoms with van der Waals surface area (Å²) in [6.07, 6.45) is 5.51. The van der Waals surface area contributed by atoms with Crippen molar-refractivity contribution in [2.24, 2.45) is 7.05 Å². The highest BCUT2D eigenvalue weighted by molar-refractivity contribution is 5.94. The lowest BCUT2D eigenvalue weighted by Gasteiger charge is -2.34. The van der Waals surface area contributed by atoms with Crippen molar-refractivity contribution in [3.63, 3.8) is 0 Å². The van der Waals surface area contributed by atoms with Crippen molar-refractivity contribution in [3.8, 4) is 11.4 Å². The number of aromatic amines is 1. The van der Waals surface area contributed by atoms with Crippen molar-refractivity contribution < 1.29 is 4.74 Å². The first-order valence-electron chi connectivity index (χ1n) is 8.69. The molecular formula is C18H19N7O. The number of H-pyrrole nitrogens is 1. The Hall–Kier alpha value is -3.00. The van der Waals surface area contributed by atoms with Gasteiger partial charge in [0.15, 0.2) is 11.5 Å². The second-order valence-corrected chi connectivity index (χ2v) is 6.59. The Balaban J connectivity index is 1.76. The molecule has 132 valence electrons. The fourth-order valence-corrected chi connectivity index (χ4v) is 3.54. The zero-order valence-electron chi connectivity index (χ0n) is 14.7. The number of morpholine rings is 1. The van der Waals surface area contributed by atoms with Crippen LogP contribution in [-0.4, -0.2) is 55.5 Å². The number of pyridine rings is 1. The molecule has 26 heavy (non-hydrogen) atoms. The van der Waals surface area contributed by atoms with E-state index >= 15 is 0 Å². The maximum absolute atomic E-state index is 5.59. The van der Waals surface area contributed by atoms with Gasteiger partial charge in [0.2, 0.25) is 0 Å². The van der Waals surface area contributed by atoms with Crippen LogP contribution in [0.3, 0.4) is 0 Å². The van der Waals surface area contributed by atoms with Crippen LogP contribution in [0, 0.1) is 0 Å². The van der Waals surface area contributed by atoms with E-state index < -0.39 is 0 Å². The van der Waals surface area contributed by atoms with Crippen molar-refractivity contribution in [1.29, 1.82) is 0 Å². The fourth-order valence-electron chi connectivity index (χ4n) is 3.54. The molecule has 1 N–H and O–H groups in total. The number of ether oxygens (including phenoxy) is 1. The van der Waals surface area contributed by atoms with Gasteiger partial charge in [0.25, 0.3) is 0 Å². The van der Waals surface area contributed by atoms with Gasteiger partial charge in [-0.15, -0.1) is 0 Å². The molecule has 4 aromatic rings. The summed E-state index contributed by atoms with van der Waals surface area (Å²) in [5.41, 5.74) is 2.61. The standard InChI is InChI=1S/C18H19N7O/c1-11-10-26-8-7-25(11)18-14-9-21-24(2)17(14)22-16(23-18)13-4-6-20-15-12(13)3-5-19-15/h3-6,9,11H,7-8,10H2,1-2H3,(H,19,20)/t11-/m1/s1. The molecule has 0 unspecified atom stereocenters. The van der Waals surface area contributed by atoms with Crippen molar-refractivity contribution in [2.75, 3.05) is 24.7 Å². The third-order valence-electron chi connectivity index (χ3n) is 4.91. The number of anilines is 1. The van der Waals surface area contributed by atoms with Crippen LogP contribution in [0.15, 0.2) is 30.7 Å². The van der Waals surface area contributed by atoms with Crippen LogP contribution >= 0.6 is 0 Å². The van der Waals surface area contributed by atoms with Crippen LogP contribution in [-0.2, 0) is 11.8 Å². The SMILES string of the molecule is C[C@@H]1COCCN1c1nc(-c2ccnc3[nH]ccc23)nc2c1cnn2C. The highest BCUT2D eigenvalue weighted by Gasteiger charge is 2.25. The Kier molecular flexibility index (Phi) is 3.39. The lowest BCUT2D eigenvalue weighted by Crippen LogP contribution is -2.44. The molecule has 5 heterocycles. The Bertz CT molecular complexity index is 1100. The van der Waals surface area contributed by atoms with E-state index in [1.165, 1.54) is 0 Å². The number of rotatable bonds is 2. The average Bonchev–Trinajstić information content (AvgIpc) is 3.28. The number of nitrogens with zero attached hydrogens (tertiary/aromatic N) is 6. The van der Waals surface area contributed by atoms with E-state index in [4.69, 9.17) is 14.7 Å². The number of hydrogen-bond acceptors (Lipinski definition) is 6. The van der Waals surface area contributed by atoms with Gasteiger partial charge in [0.05, 0.1) is 30.8 Å². The third-order valence-corrected chi connectivity index (χ3v) is 4.91. The zero-order valence-corrected chi connectivity index (χ0v) is 14.7. The fraction of sp³-hybridized carbons (Fsp3) is 0.333. The van der Waals surface area contributed by atoms with Gasteiger partial charge < -0.3 is 14.6 Å². The van der Waals surface area contributed by atoms with Gasteiger partial charge in [-0.05, 0) is 19.1 Å². The molecule has 1 aliphatic rings. The minimum atomic E-state index is 0.250. The van der Waals surface area contributed by atoms with Gasteiger partial charge in [-0.3, -0.25) is 4.68 Å². The van der Waals surface area contributed by atoms with E-state index in [2.05, 4.69) is 26.9 Å². The highest BCUT2D eigenvalue weighted by Crippen LogP contribution is 2.31. The van der Waals surface area contributed by atoms with E-state index in [9.17, 15) is 0 Å². The van der Waals surface area contributed by atoms with E-state index in [-0.39, 0.29) is 6.04 Å². The molecule has 0 amide bonds. The van der Waals surface area contributed by atoms with Gasteiger partial charge in [0, 0.05) is 36.9 Å². The van der Waals surface area contributed by atoms with Crippen LogP contribution in [0.2, 0.25) is 0 Å². The third kappa shape index (κ3) is 2.26. The number of aromatic nitrogens is 6. The van der Waals surface area contributed by atoms with Gasteiger partial charge in [-0.1, -0.05) is 0 Å². The monoisotopic (exact) mass is 349 g/mol. The maximum Gasteiger partial charge on any atom is 0.164 e. The Morgan fingerprint density at radius 2 is 2.15 bits per heavy atom. The molecule has 8 nitrogen and oxygen atoms in total. The van der Waals surface area contributed by atoms with Gasteiger partial charge >= 0.3 is 0 Å². The molecule has 0 radical (unpaired) electrons. The largest absolute Gasteiger partial charge is 0.377 e. The number of hydrogen-bond donors (Lipinski definition) is 1.